The van der Waals surface area contributed by atoms with Gasteiger partial charge in [-0.05, 0) is 31.2 Å². The van der Waals surface area contributed by atoms with E-state index in [4.69, 9.17) is 21.1 Å². The molecule has 0 unspecified atom stereocenters. The molecule has 0 atom stereocenters. The molecule has 3 nitrogen and oxygen atoms in total. The van der Waals surface area contributed by atoms with Crippen molar-refractivity contribution >= 4 is 33.8 Å². The van der Waals surface area contributed by atoms with Gasteiger partial charge in [0.1, 0.15) is 6.61 Å². The first-order valence-corrected chi connectivity index (χ1v) is 7.60. The summed E-state index contributed by atoms with van der Waals surface area (Å²) in [4.78, 5) is 11.1. The highest BCUT2D eigenvalue weighted by Crippen LogP contribution is 2.32. The summed E-state index contributed by atoms with van der Waals surface area (Å²) in [7, 11) is 0. The number of carbonyl (C=O) groups is 1. The molecule has 0 aromatic heterocycles. The monoisotopic (exact) mass is 368 g/mol. The van der Waals surface area contributed by atoms with Crippen molar-refractivity contribution in [1.29, 1.82) is 0 Å². The van der Waals surface area contributed by atoms with Crippen LogP contribution in [-0.4, -0.2) is 12.9 Å². The molecule has 0 amide bonds. The summed E-state index contributed by atoms with van der Waals surface area (Å²) in [5, 5.41) is 0.603. The Hall–Kier alpha value is -1.52. The molecule has 0 bridgehead atoms. The summed E-state index contributed by atoms with van der Waals surface area (Å²) in [5.74, 6) is 0.990. The van der Waals surface area contributed by atoms with E-state index < -0.39 is 0 Å². The van der Waals surface area contributed by atoms with Crippen LogP contribution in [0, 0.1) is 0 Å². The fourth-order valence-corrected chi connectivity index (χ4v) is 2.57. The maximum atomic E-state index is 11.1. The van der Waals surface area contributed by atoms with Gasteiger partial charge >= 0.3 is 0 Å². The van der Waals surface area contributed by atoms with Crippen molar-refractivity contribution < 1.29 is 14.3 Å². The molecule has 21 heavy (non-hydrogen) atoms. The molecule has 0 fully saturated rings. The lowest BCUT2D eigenvalue weighted by atomic mass is 10.2. The highest BCUT2D eigenvalue weighted by molar-refractivity contribution is 9.10. The van der Waals surface area contributed by atoms with E-state index in [1.165, 1.54) is 0 Å². The molecule has 0 aliphatic carbocycles. The smallest absolute Gasteiger partial charge is 0.172 e. The lowest BCUT2D eigenvalue weighted by Crippen LogP contribution is -2.02. The number of rotatable bonds is 6. The lowest BCUT2D eigenvalue weighted by Gasteiger charge is -2.14. The fraction of sp³-hybridized carbons (Fsp3) is 0.188. The molecule has 2 aromatic carbocycles. The topological polar surface area (TPSA) is 35.5 Å². The molecule has 0 aliphatic rings. The van der Waals surface area contributed by atoms with E-state index in [1.54, 1.807) is 24.3 Å². The van der Waals surface area contributed by atoms with Gasteiger partial charge in [-0.3, -0.25) is 4.79 Å². The van der Waals surface area contributed by atoms with Gasteiger partial charge in [0.25, 0.3) is 0 Å². The van der Waals surface area contributed by atoms with Crippen LogP contribution in [-0.2, 0) is 6.61 Å². The van der Waals surface area contributed by atoms with E-state index in [0.717, 1.165) is 16.3 Å². The van der Waals surface area contributed by atoms with Gasteiger partial charge in [0.15, 0.2) is 17.8 Å². The van der Waals surface area contributed by atoms with Crippen molar-refractivity contribution in [2.75, 3.05) is 6.61 Å². The largest absolute Gasteiger partial charge is 0.490 e. The SMILES string of the molecule is CCOc1cccc(C=O)c1OCc1ccc(Br)cc1Cl. The highest BCUT2D eigenvalue weighted by Gasteiger charge is 2.11. The molecule has 0 saturated heterocycles. The van der Waals surface area contributed by atoms with E-state index >= 15 is 0 Å². The molecule has 0 spiro atoms. The van der Waals surface area contributed by atoms with Crippen molar-refractivity contribution in [1.82, 2.24) is 0 Å². The minimum atomic E-state index is 0.261. The summed E-state index contributed by atoms with van der Waals surface area (Å²) in [6.45, 7) is 2.64. The third-order valence-electron chi connectivity index (χ3n) is 2.82. The van der Waals surface area contributed by atoms with Gasteiger partial charge < -0.3 is 9.47 Å². The number of hydrogen-bond donors (Lipinski definition) is 0. The van der Waals surface area contributed by atoms with E-state index in [2.05, 4.69) is 15.9 Å². The Morgan fingerprint density at radius 1 is 1.24 bits per heavy atom. The Labute approximate surface area is 137 Å². The quantitative estimate of drug-likeness (QED) is 0.680. The maximum Gasteiger partial charge on any atom is 0.172 e. The first kappa shape index (κ1) is 15.9. The predicted octanol–water partition coefficient (Wildman–Crippen LogP) is 4.89. The van der Waals surface area contributed by atoms with Gasteiger partial charge in [0, 0.05) is 15.1 Å². The Kier molecular flexibility index (Phi) is 5.65. The first-order valence-electron chi connectivity index (χ1n) is 6.43. The van der Waals surface area contributed by atoms with Crippen LogP contribution in [0.3, 0.4) is 0 Å². The number of hydrogen-bond acceptors (Lipinski definition) is 3. The molecule has 110 valence electrons. The third-order valence-corrected chi connectivity index (χ3v) is 3.67. The fourth-order valence-electron chi connectivity index (χ4n) is 1.84. The Balaban J connectivity index is 2.24. The average Bonchev–Trinajstić information content (AvgIpc) is 2.47. The second kappa shape index (κ2) is 7.48. The Morgan fingerprint density at radius 3 is 2.71 bits per heavy atom. The van der Waals surface area contributed by atoms with Crippen molar-refractivity contribution in [3.63, 3.8) is 0 Å². The van der Waals surface area contributed by atoms with Crippen molar-refractivity contribution in [2.45, 2.75) is 13.5 Å². The summed E-state index contributed by atoms with van der Waals surface area (Å²) >= 11 is 9.52. The van der Waals surface area contributed by atoms with E-state index in [9.17, 15) is 4.79 Å². The normalized spacial score (nSPS) is 10.2. The second-order valence-corrected chi connectivity index (χ2v) is 5.57. The van der Waals surface area contributed by atoms with Crippen LogP contribution in [0.4, 0.5) is 0 Å². The molecule has 0 N–H and O–H groups in total. The zero-order chi connectivity index (χ0) is 15.2. The van der Waals surface area contributed by atoms with Gasteiger partial charge in [-0.25, -0.2) is 0 Å². The lowest BCUT2D eigenvalue weighted by molar-refractivity contribution is 0.111. The molecule has 2 aromatic rings. The number of para-hydroxylation sites is 1. The van der Waals surface area contributed by atoms with Gasteiger partial charge in [0.2, 0.25) is 0 Å². The molecule has 2 rings (SSSR count). The van der Waals surface area contributed by atoms with Gasteiger partial charge in [-0.1, -0.05) is 39.7 Å². The van der Waals surface area contributed by atoms with Crippen LogP contribution >= 0.6 is 27.5 Å². The first-order chi connectivity index (χ1) is 10.2. The highest BCUT2D eigenvalue weighted by atomic mass is 79.9. The van der Waals surface area contributed by atoms with Crippen LogP contribution in [0.2, 0.25) is 5.02 Å². The van der Waals surface area contributed by atoms with Crippen molar-refractivity contribution in [3.8, 4) is 11.5 Å². The standard InChI is InChI=1S/C16H14BrClO3/c1-2-20-15-5-3-4-11(9-19)16(15)21-10-12-6-7-13(17)8-14(12)18/h3-9H,2,10H2,1H3. The molecule has 0 saturated carbocycles. The number of benzene rings is 2. The van der Waals surface area contributed by atoms with Gasteiger partial charge in [-0.2, -0.15) is 0 Å². The van der Waals surface area contributed by atoms with Crippen molar-refractivity contribution in [3.05, 3.63) is 57.0 Å². The zero-order valence-electron chi connectivity index (χ0n) is 11.4. The summed E-state index contributed by atoms with van der Waals surface area (Å²) in [6.07, 6.45) is 0.751. The van der Waals surface area contributed by atoms with Crippen LogP contribution in [0.1, 0.15) is 22.8 Å². The van der Waals surface area contributed by atoms with E-state index in [-0.39, 0.29) is 6.61 Å². The number of carbonyl (C=O) groups excluding carboxylic acids is 1. The van der Waals surface area contributed by atoms with Gasteiger partial charge in [0.05, 0.1) is 12.2 Å². The van der Waals surface area contributed by atoms with Crippen LogP contribution < -0.4 is 9.47 Å². The van der Waals surface area contributed by atoms with Crippen molar-refractivity contribution in [2.24, 2.45) is 0 Å². The third kappa shape index (κ3) is 3.99. The van der Waals surface area contributed by atoms with Crippen LogP contribution in [0.15, 0.2) is 40.9 Å². The summed E-state index contributed by atoms with van der Waals surface area (Å²) in [6, 6.07) is 10.8. The minimum Gasteiger partial charge on any atom is -0.490 e. The van der Waals surface area contributed by atoms with E-state index in [0.29, 0.717) is 28.7 Å². The number of ether oxygens (including phenoxy) is 2. The summed E-state index contributed by atoms with van der Waals surface area (Å²) < 4.78 is 12.2. The van der Waals surface area contributed by atoms with Gasteiger partial charge in [-0.15, -0.1) is 0 Å². The van der Waals surface area contributed by atoms with E-state index in [1.807, 2.05) is 19.1 Å². The molecular formula is C16H14BrClO3. The van der Waals surface area contributed by atoms with Crippen LogP contribution in [0.25, 0.3) is 0 Å². The zero-order valence-corrected chi connectivity index (χ0v) is 13.8. The molecular weight excluding hydrogens is 356 g/mol. The molecule has 0 aliphatic heterocycles. The average molecular weight is 370 g/mol. The summed E-state index contributed by atoms with van der Waals surface area (Å²) in [5.41, 5.74) is 1.29. The molecule has 0 radical (unpaired) electrons. The molecule has 5 heteroatoms. The Morgan fingerprint density at radius 2 is 2.05 bits per heavy atom. The predicted molar refractivity (Wildman–Crippen MR) is 86.5 cm³/mol. The maximum absolute atomic E-state index is 11.1. The molecule has 0 heterocycles. The number of aldehydes is 1. The minimum absolute atomic E-state index is 0.261. The Bertz CT molecular complexity index is 643. The second-order valence-electron chi connectivity index (χ2n) is 4.25. The number of halogens is 2. The van der Waals surface area contributed by atoms with Crippen LogP contribution in [0.5, 0.6) is 11.5 Å².